The largest absolute Gasteiger partial charge is 0.370 e. The van der Waals surface area contributed by atoms with Crippen LogP contribution in [0.4, 0.5) is 10.1 Å². The van der Waals surface area contributed by atoms with Crippen molar-refractivity contribution < 1.29 is 4.39 Å². The van der Waals surface area contributed by atoms with Gasteiger partial charge in [-0.1, -0.05) is 0 Å². The molecule has 0 radical (unpaired) electrons. The normalized spacial score (nSPS) is 11.3. The Morgan fingerprint density at radius 1 is 1.26 bits per heavy atom. The molecule has 0 aliphatic heterocycles. The van der Waals surface area contributed by atoms with Crippen LogP contribution in [0.25, 0.3) is 5.69 Å². The zero-order chi connectivity index (χ0) is 13.8. The standard InChI is InChI=1S/C9H10FN9/c10-5-1-2-7(19-4-14-17-18-19)6(3-5)15-9(13)16-8(11)12/h1-4H,(H6,11,12,13,15,16). The maximum atomic E-state index is 13.2. The van der Waals surface area contributed by atoms with Crippen LogP contribution in [0.2, 0.25) is 0 Å². The van der Waals surface area contributed by atoms with Crippen LogP contribution in [0.15, 0.2) is 34.5 Å². The smallest absolute Gasteiger partial charge is 0.223 e. The Balaban J connectivity index is 2.50. The molecule has 2 rings (SSSR count). The van der Waals surface area contributed by atoms with Gasteiger partial charge in [0.25, 0.3) is 0 Å². The van der Waals surface area contributed by atoms with Gasteiger partial charge in [-0.2, -0.15) is 9.67 Å². The molecule has 0 aliphatic carbocycles. The van der Waals surface area contributed by atoms with Gasteiger partial charge in [-0.15, -0.1) is 5.10 Å². The summed E-state index contributed by atoms with van der Waals surface area (Å²) in [5.41, 5.74) is 16.4. The summed E-state index contributed by atoms with van der Waals surface area (Å²) in [6, 6.07) is 3.85. The van der Waals surface area contributed by atoms with E-state index in [1.807, 2.05) is 0 Å². The van der Waals surface area contributed by atoms with Gasteiger partial charge in [-0.25, -0.2) is 9.38 Å². The van der Waals surface area contributed by atoms with E-state index in [0.717, 1.165) is 6.07 Å². The predicted molar refractivity (Wildman–Crippen MR) is 66.2 cm³/mol. The Kier molecular flexibility index (Phi) is 3.32. The number of nitrogens with two attached hydrogens (primary N) is 3. The molecule has 0 saturated carbocycles. The second-order valence-corrected chi connectivity index (χ2v) is 3.39. The molecule has 0 saturated heterocycles. The Morgan fingerprint density at radius 2 is 2.05 bits per heavy atom. The average molecular weight is 263 g/mol. The summed E-state index contributed by atoms with van der Waals surface area (Å²) >= 11 is 0. The molecule has 10 heteroatoms. The van der Waals surface area contributed by atoms with E-state index in [1.165, 1.54) is 23.1 Å². The molecule has 0 atom stereocenters. The molecule has 0 fully saturated rings. The summed E-state index contributed by atoms with van der Waals surface area (Å²) in [6.07, 6.45) is 1.34. The van der Waals surface area contributed by atoms with Gasteiger partial charge in [0.15, 0.2) is 5.96 Å². The molecule has 1 heterocycles. The van der Waals surface area contributed by atoms with Gasteiger partial charge in [0, 0.05) is 6.07 Å². The minimum Gasteiger partial charge on any atom is -0.370 e. The second kappa shape index (κ2) is 5.08. The highest BCUT2D eigenvalue weighted by Crippen LogP contribution is 2.23. The fraction of sp³-hybridized carbons (Fsp3) is 0. The third kappa shape index (κ3) is 3.00. The van der Waals surface area contributed by atoms with Crippen molar-refractivity contribution in [3.8, 4) is 5.69 Å². The van der Waals surface area contributed by atoms with E-state index in [2.05, 4.69) is 25.5 Å². The first-order chi connectivity index (χ1) is 9.06. The number of halogens is 1. The first-order valence-electron chi connectivity index (χ1n) is 5.03. The minimum atomic E-state index is -0.493. The Morgan fingerprint density at radius 3 is 2.68 bits per heavy atom. The van der Waals surface area contributed by atoms with E-state index in [9.17, 15) is 4.39 Å². The number of tetrazole rings is 1. The number of aromatic nitrogens is 4. The number of nitrogens with zero attached hydrogens (tertiary/aromatic N) is 6. The van der Waals surface area contributed by atoms with E-state index >= 15 is 0 Å². The first-order valence-corrected chi connectivity index (χ1v) is 5.03. The third-order valence-electron chi connectivity index (χ3n) is 2.01. The van der Waals surface area contributed by atoms with Gasteiger partial charge in [0.2, 0.25) is 5.96 Å². The van der Waals surface area contributed by atoms with Gasteiger partial charge in [-0.3, -0.25) is 0 Å². The molecule has 1 aromatic heterocycles. The quantitative estimate of drug-likeness (QED) is 0.468. The molecular formula is C9H10FN9. The van der Waals surface area contributed by atoms with Crippen molar-refractivity contribution in [2.45, 2.75) is 0 Å². The fourth-order valence-electron chi connectivity index (χ4n) is 1.33. The van der Waals surface area contributed by atoms with Crippen molar-refractivity contribution in [3.63, 3.8) is 0 Å². The molecule has 98 valence electrons. The maximum Gasteiger partial charge on any atom is 0.223 e. The third-order valence-corrected chi connectivity index (χ3v) is 2.01. The molecule has 2 aromatic rings. The molecule has 0 unspecified atom stereocenters. The van der Waals surface area contributed by atoms with E-state index in [4.69, 9.17) is 17.2 Å². The lowest BCUT2D eigenvalue weighted by Gasteiger charge is -2.04. The fourth-order valence-corrected chi connectivity index (χ4v) is 1.33. The zero-order valence-electron chi connectivity index (χ0n) is 9.60. The van der Waals surface area contributed by atoms with Crippen LogP contribution in [0.5, 0.6) is 0 Å². The maximum absolute atomic E-state index is 13.2. The highest BCUT2D eigenvalue weighted by Gasteiger charge is 2.07. The highest BCUT2D eigenvalue weighted by molar-refractivity contribution is 5.94. The predicted octanol–water partition coefficient (Wildman–Crippen LogP) is -0.979. The zero-order valence-corrected chi connectivity index (χ0v) is 9.60. The summed E-state index contributed by atoms with van der Waals surface area (Å²) in [7, 11) is 0. The lowest BCUT2D eigenvalue weighted by atomic mass is 10.2. The van der Waals surface area contributed by atoms with Gasteiger partial charge in [-0.05, 0) is 22.6 Å². The number of rotatable bonds is 2. The lowest BCUT2D eigenvalue weighted by Crippen LogP contribution is -2.26. The summed E-state index contributed by atoms with van der Waals surface area (Å²) < 4.78 is 14.6. The molecular weight excluding hydrogens is 253 g/mol. The molecule has 6 N–H and O–H groups in total. The topological polar surface area (TPSA) is 146 Å². The molecule has 0 aliphatic rings. The Bertz CT molecular complexity index is 627. The van der Waals surface area contributed by atoms with Crippen LogP contribution in [-0.2, 0) is 0 Å². The monoisotopic (exact) mass is 263 g/mol. The van der Waals surface area contributed by atoms with Gasteiger partial charge < -0.3 is 17.2 Å². The molecule has 1 aromatic carbocycles. The number of aliphatic imine (C=N–C) groups is 2. The molecule has 9 nitrogen and oxygen atoms in total. The van der Waals surface area contributed by atoms with Crippen molar-refractivity contribution in [1.29, 1.82) is 0 Å². The number of hydrogen-bond donors (Lipinski definition) is 3. The van der Waals surface area contributed by atoms with Gasteiger partial charge in [0.1, 0.15) is 12.1 Å². The molecule has 0 spiro atoms. The van der Waals surface area contributed by atoms with E-state index < -0.39 is 5.82 Å². The summed E-state index contributed by atoms with van der Waals surface area (Å²) in [4.78, 5) is 7.45. The first kappa shape index (κ1) is 12.4. The van der Waals surface area contributed by atoms with E-state index in [1.54, 1.807) is 0 Å². The van der Waals surface area contributed by atoms with Crippen molar-refractivity contribution in [2.75, 3.05) is 0 Å². The number of guanidine groups is 2. The summed E-state index contributed by atoms with van der Waals surface area (Å²) in [5, 5.41) is 10.6. The van der Waals surface area contributed by atoms with Crippen LogP contribution in [0.3, 0.4) is 0 Å². The van der Waals surface area contributed by atoms with Crippen molar-refractivity contribution in [2.24, 2.45) is 27.2 Å². The van der Waals surface area contributed by atoms with Gasteiger partial charge >= 0.3 is 0 Å². The van der Waals surface area contributed by atoms with E-state index in [0.29, 0.717) is 5.69 Å². The molecule has 0 amide bonds. The van der Waals surface area contributed by atoms with Crippen LogP contribution in [-0.4, -0.2) is 32.1 Å². The lowest BCUT2D eigenvalue weighted by molar-refractivity contribution is 0.627. The SMILES string of the molecule is NC(N)=NC(N)=Nc1cc(F)ccc1-n1cnnn1. The average Bonchev–Trinajstić information content (AvgIpc) is 2.81. The molecule has 19 heavy (non-hydrogen) atoms. The summed E-state index contributed by atoms with van der Waals surface area (Å²) in [6.45, 7) is 0. The number of benzene rings is 1. The van der Waals surface area contributed by atoms with Crippen molar-refractivity contribution in [1.82, 2.24) is 20.2 Å². The second-order valence-electron chi connectivity index (χ2n) is 3.39. The van der Waals surface area contributed by atoms with E-state index in [-0.39, 0.29) is 17.6 Å². The Labute approximate surface area is 106 Å². The van der Waals surface area contributed by atoms with Crippen molar-refractivity contribution >= 4 is 17.6 Å². The minimum absolute atomic E-state index is 0.190. The highest BCUT2D eigenvalue weighted by atomic mass is 19.1. The number of hydrogen-bond acceptors (Lipinski definition) is 4. The molecule has 0 bridgehead atoms. The van der Waals surface area contributed by atoms with Crippen LogP contribution >= 0.6 is 0 Å². The van der Waals surface area contributed by atoms with Crippen molar-refractivity contribution in [3.05, 3.63) is 30.3 Å². The van der Waals surface area contributed by atoms with Crippen LogP contribution in [0.1, 0.15) is 0 Å². The summed E-state index contributed by atoms with van der Waals surface area (Å²) in [5.74, 6) is -0.949. The van der Waals surface area contributed by atoms with Crippen LogP contribution < -0.4 is 17.2 Å². The van der Waals surface area contributed by atoms with Gasteiger partial charge in [0.05, 0.1) is 11.4 Å². The van der Waals surface area contributed by atoms with Crippen LogP contribution in [0, 0.1) is 5.82 Å². The Hall–Kier alpha value is -3.04.